The lowest BCUT2D eigenvalue weighted by molar-refractivity contribution is 0.0905. The highest BCUT2D eigenvalue weighted by molar-refractivity contribution is 7.13. The third kappa shape index (κ3) is 2.19. The van der Waals surface area contributed by atoms with Crippen LogP contribution in [0, 0.1) is 5.41 Å². The Morgan fingerprint density at radius 3 is 2.94 bits per heavy atom. The summed E-state index contributed by atoms with van der Waals surface area (Å²) in [5.74, 6) is -0.104. The third-order valence-corrected chi connectivity index (χ3v) is 3.99. The minimum atomic E-state index is -0.104. The van der Waals surface area contributed by atoms with Crippen molar-refractivity contribution in [2.24, 2.45) is 5.41 Å². The zero-order valence-electron chi connectivity index (χ0n) is 9.62. The van der Waals surface area contributed by atoms with Gasteiger partial charge in [-0.1, -0.05) is 20.3 Å². The molecule has 16 heavy (non-hydrogen) atoms. The van der Waals surface area contributed by atoms with Crippen LogP contribution < -0.4 is 11.1 Å². The molecular weight excluding hydrogens is 222 g/mol. The molecule has 0 spiro atoms. The summed E-state index contributed by atoms with van der Waals surface area (Å²) in [5.41, 5.74) is 6.13. The Balaban J connectivity index is 2.03. The first-order chi connectivity index (χ1) is 7.49. The van der Waals surface area contributed by atoms with Crippen molar-refractivity contribution in [1.82, 2.24) is 10.3 Å². The summed E-state index contributed by atoms with van der Waals surface area (Å²) in [4.78, 5) is 15.9. The molecule has 88 valence electrons. The van der Waals surface area contributed by atoms with Crippen molar-refractivity contribution in [2.45, 2.75) is 39.2 Å². The van der Waals surface area contributed by atoms with E-state index < -0.39 is 0 Å². The maximum absolute atomic E-state index is 11.9. The van der Waals surface area contributed by atoms with E-state index >= 15 is 0 Å². The van der Waals surface area contributed by atoms with Gasteiger partial charge in [0.1, 0.15) is 5.69 Å². The monoisotopic (exact) mass is 239 g/mol. The van der Waals surface area contributed by atoms with Crippen LogP contribution in [0.3, 0.4) is 0 Å². The lowest BCUT2D eigenvalue weighted by Gasteiger charge is -2.27. The highest BCUT2D eigenvalue weighted by atomic mass is 32.1. The summed E-state index contributed by atoms with van der Waals surface area (Å²) in [6, 6.07) is 0.253. The van der Waals surface area contributed by atoms with E-state index in [0.29, 0.717) is 10.8 Å². The number of thiazole rings is 1. The molecule has 1 aliphatic carbocycles. The first-order valence-corrected chi connectivity index (χ1v) is 6.39. The van der Waals surface area contributed by atoms with Crippen molar-refractivity contribution in [3.8, 4) is 0 Å². The van der Waals surface area contributed by atoms with E-state index in [4.69, 9.17) is 5.73 Å². The summed E-state index contributed by atoms with van der Waals surface area (Å²) < 4.78 is 0. The lowest BCUT2D eigenvalue weighted by atomic mass is 9.87. The number of nitrogens with zero attached hydrogens (tertiary/aromatic N) is 1. The Morgan fingerprint density at radius 2 is 2.44 bits per heavy atom. The van der Waals surface area contributed by atoms with Crippen LogP contribution in [0.1, 0.15) is 43.6 Å². The van der Waals surface area contributed by atoms with E-state index in [9.17, 15) is 4.79 Å². The second-order valence-corrected chi connectivity index (χ2v) is 5.87. The molecule has 0 bridgehead atoms. The van der Waals surface area contributed by atoms with Gasteiger partial charge < -0.3 is 11.1 Å². The molecule has 0 aliphatic heterocycles. The van der Waals surface area contributed by atoms with Gasteiger partial charge in [0.05, 0.1) is 0 Å². The van der Waals surface area contributed by atoms with Crippen LogP contribution in [0.2, 0.25) is 0 Å². The van der Waals surface area contributed by atoms with Crippen LogP contribution in [0.25, 0.3) is 0 Å². The highest BCUT2D eigenvalue weighted by Gasteiger charge is 2.35. The predicted octanol–water partition coefficient (Wildman–Crippen LogP) is 2.03. The van der Waals surface area contributed by atoms with Gasteiger partial charge in [-0.15, -0.1) is 11.3 Å². The largest absolute Gasteiger partial charge is 0.375 e. The van der Waals surface area contributed by atoms with Gasteiger partial charge in [0, 0.05) is 11.4 Å². The SMILES string of the molecule is CC1(C)CCCC1NC(=O)c1csc(N)n1. The van der Waals surface area contributed by atoms with Gasteiger partial charge in [0.15, 0.2) is 5.13 Å². The van der Waals surface area contributed by atoms with Crippen molar-refractivity contribution in [3.05, 3.63) is 11.1 Å². The molecule has 5 heteroatoms. The van der Waals surface area contributed by atoms with E-state index in [1.165, 1.54) is 17.8 Å². The molecule has 4 nitrogen and oxygen atoms in total. The Hall–Kier alpha value is -1.10. The fourth-order valence-electron chi connectivity index (χ4n) is 2.22. The Bertz CT molecular complexity index is 400. The number of nitrogens with one attached hydrogen (secondary N) is 1. The van der Waals surface area contributed by atoms with Gasteiger partial charge in [0.2, 0.25) is 0 Å². The van der Waals surface area contributed by atoms with Crippen molar-refractivity contribution < 1.29 is 4.79 Å². The maximum Gasteiger partial charge on any atom is 0.271 e. The summed E-state index contributed by atoms with van der Waals surface area (Å²) in [5, 5.41) is 5.19. The Labute approximate surface area is 99.3 Å². The molecule has 1 atom stereocenters. The second kappa shape index (κ2) is 4.05. The third-order valence-electron chi connectivity index (χ3n) is 3.32. The molecule has 1 unspecified atom stereocenters. The topological polar surface area (TPSA) is 68.0 Å². The number of aromatic nitrogens is 1. The van der Waals surface area contributed by atoms with E-state index in [0.717, 1.165) is 12.8 Å². The predicted molar refractivity (Wildman–Crippen MR) is 65.4 cm³/mol. The number of hydrogen-bond donors (Lipinski definition) is 2. The van der Waals surface area contributed by atoms with Gasteiger partial charge in [-0.3, -0.25) is 4.79 Å². The van der Waals surface area contributed by atoms with E-state index in [-0.39, 0.29) is 17.4 Å². The zero-order valence-corrected chi connectivity index (χ0v) is 10.4. The quantitative estimate of drug-likeness (QED) is 0.829. The molecule has 0 saturated heterocycles. The molecule has 0 radical (unpaired) electrons. The van der Waals surface area contributed by atoms with Crippen molar-refractivity contribution in [1.29, 1.82) is 0 Å². The summed E-state index contributed by atoms with van der Waals surface area (Å²) in [7, 11) is 0. The number of anilines is 1. The van der Waals surface area contributed by atoms with E-state index in [1.54, 1.807) is 5.38 Å². The van der Waals surface area contributed by atoms with Crippen molar-refractivity contribution >= 4 is 22.4 Å². The highest BCUT2D eigenvalue weighted by Crippen LogP contribution is 2.37. The molecule has 1 saturated carbocycles. The van der Waals surface area contributed by atoms with E-state index in [1.807, 2.05) is 0 Å². The van der Waals surface area contributed by atoms with Gasteiger partial charge in [-0.2, -0.15) is 0 Å². The molecule has 1 aromatic heterocycles. The molecule has 0 aromatic carbocycles. The molecular formula is C11H17N3OS. The number of nitrogen functional groups attached to an aromatic ring is 1. The minimum Gasteiger partial charge on any atom is -0.375 e. The summed E-state index contributed by atoms with van der Waals surface area (Å²) in [6.07, 6.45) is 3.40. The zero-order chi connectivity index (χ0) is 11.8. The fourth-order valence-corrected chi connectivity index (χ4v) is 2.76. The number of rotatable bonds is 2. The summed E-state index contributed by atoms with van der Waals surface area (Å²) in [6.45, 7) is 4.39. The number of amides is 1. The number of nitrogens with two attached hydrogens (primary N) is 1. The smallest absolute Gasteiger partial charge is 0.271 e. The average Bonchev–Trinajstić information content (AvgIpc) is 2.74. The van der Waals surface area contributed by atoms with Crippen molar-refractivity contribution in [3.63, 3.8) is 0 Å². The molecule has 1 aromatic rings. The number of carbonyl (C=O) groups excluding carboxylic acids is 1. The first kappa shape index (κ1) is 11.4. The van der Waals surface area contributed by atoms with Crippen LogP contribution >= 0.6 is 11.3 Å². The van der Waals surface area contributed by atoms with Crippen LogP contribution in [-0.4, -0.2) is 16.9 Å². The first-order valence-electron chi connectivity index (χ1n) is 5.51. The molecule has 3 N–H and O–H groups in total. The summed E-state index contributed by atoms with van der Waals surface area (Å²) >= 11 is 1.30. The van der Waals surface area contributed by atoms with Crippen LogP contribution in [0.5, 0.6) is 0 Å². The van der Waals surface area contributed by atoms with Gasteiger partial charge in [-0.25, -0.2) is 4.98 Å². The fraction of sp³-hybridized carbons (Fsp3) is 0.636. The Morgan fingerprint density at radius 1 is 1.69 bits per heavy atom. The molecule has 2 rings (SSSR count). The lowest BCUT2D eigenvalue weighted by Crippen LogP contribution is -2.41. The molecule has 1 heterocycles. The van der Waals surface area contributed by atoms with Crippen LogP contribution in [0.4, 0.5) is 5.13 Å². The number of carbonyl (C=O) groups is 1. The average molecular weight is 239 g/mol. The molecule has 1 amide bonds. The standard InChI is InChI=1S/C11H17N3OS/c1-11(2)5-3-4-8(11)14-9(15)7-6-16-10(12)13-7/h6,8H,3-5H2,1-2H3,(H2,12,13)(H,14,15). The van der Waals surface area contributed by atoms with E-state index in [2.05, 4.69) is 24.1 Å². The van der Waals surface area contributed by atoms with Gasteiger partial charge in [0.25, 0.3) is 5.91 Å². The van der Waals surface area contributed by atoms with Crippen LogP contribution in [-0.2, 0) is 0 Å². The Kier molecular flexibility index (Phi) is 2.88. The van der Waals surface area contributed by atoms with Gasteiger partial charge in [-0.05, 0) is 18.3 Å². The number of hydrogen-bond acceptors (Lipinski definition) is 4. The molecule has 1 aliphatic rings. The minimum absolute atomic E-state index is 0.104. The van der Waals surface area contributed by atoms with Crippen LogP contribution in [0.15, 0.2) is 5.38 Å². The van der Waals surface area contributed by atoms with Crippen molar-refractivity contribution in [2.75, 3.05) is 5.73 Å². The second-order valence-electron chi connectivity index (χ2n) is 4.98. The van der Waals surface area contributed by atoms with Gasteiger partial charge >= 0.3 is 0 Å². The normalized spacial score (nSPS) is 23.2. The maximum atomic E-state index is 11.9. The molecule has 1 fully saturated rings.